The first-order valence-electron chi connectivity index (χ1n) is 5.37. The van der Waals surface area contributed by atoms with Gasteiger partial charge in [-0.25, -0.2) is 4.98 Å². The van der Waals surface area contributed by atoms with Crippen LogP contribution in [0.5, 0.6) is 0 Å². The number of pyridine rings is 1. The van der Waals surface area contributed by atoms with Gasteiger partial charge in [-0.2, -0.15) is 0 Å². The summed E-state index contributed by atoms with van der Waals surface area (Å²) in [4.78, 5) is 14.2. The van der Waals surface area contributed by atoms with Gasteiger partial charge in [0.1, 0.15) is 5.82 Å². The summed E-state index contributed by atoms with van der Waals surface area (Å²) >= 11 is 0. The van der Waals surface area contributed by atoms with Crippen LogP contribution < -0.4 is 5.32 Å². The fraction of sp³-hybridized carbons (Fsp3) is 0.500. The quantitative estimate of drug-likeness (QED) is 0.650. The van der Waals surface area contributed by atoms with Crippen molar-refractivity contribution in [1.82, 2.24) is 4.98 Å². The lowest BCUT2D eigenvalue weighted by Crippen LogP contribution is -2.29. The van der Waals surface area contributed by atoms with E-state index in [0.29, 0.717) is 17.3 Å². The zero-order chi connectivity index (χ0) is 12.3. The third-order valence-corrected chi connectivity index (χ3v) is 4.08. The fourth-order valence-corrected chi connectivity index (χ4v) is 3.06. The highest BCUT2D eigenvalue weighted by Gasteiger charge is 2.18. The number of hydrogen-bond donors (Lipinski definition) is 1. The van der Waals surface area contributed by atoms with Crippen LogP contribution in [0.2, 0.25) is 0 Å². The van der Waals surface area contributed by atoms with E-state index in [0.717, 1.165) is 12.8 Å². The summed E-state index contributed by atoms with van der Waals surface area (Å²) in [5, 5.41) is 13.7. The highest BCUT2D eigenvalue weighted by molar-refractivity contribution is 7.85. The standard InChI is InChI=1S/C10H13N3O3S/c14-13(15)9-1-4-11-10(7-9)12-8-2-5-17(16)6-3-8/h1,4,7-8H,2-3,5-6H2,(H,11,12). The van der Waals surface area contributed by atoms with E-state index >= 15 is 0 Å². The molecule has 1 aromatic rings. The minimum atomic E-state index is -0.699. The monoisotopic (exact) mass is 255 g/mol. The maximum atomic E-state index is 11.2. The zero-order valence-electron chi connectivity index (χ0n) is 9.17. The first-order valence-corrected chi connectivity index (χ1v) is 6.86. The SMILES string of the molecule is O=[N+]([O-])c1ccnc(NC2CCS(=O)CC2)c1. The Hall–Kier alpha value is -1.50. The van der Waals surface area contributed by atoms with Gasteiger partial charge in [0.15, 0.2) is 0 Å². The Bertz CT molecular complexity index is 442. The average molecular weight is 255 g/mol. The van der Waals surface area contributed by atoms with Crippen molar-refractivity contribution in [3.05, 3.63) is 28.4 Å². The first kappa shape index (κ1) is 12.0. The summed E-state index contributed by atoms with van der Waals surface area (Å²) in [7, 11) is -0.699. The second-order valence-electron chi connectivity index (χ2n) is 3.92. The van der Waals surface area contributed by atoms with Crippen molar-refractivity contribution in [1.29, 1.82) is 0 Å². The number of nitro groups is 1. The molecular formula is C10H13N3O3S. The molecule has 0 radical (unpaired) electrons. The topological polar surface area (TPSA) is 85.1 Å². The summed E-state index contributed by atoms with van der Waals surface area (Å²) in [6.07, 6.45) is 3.05. The molecule has 7 heteroatoms. The summed E-state index contributed by atoms with van der Waals surface area (Å²) in [6.45, 7) is 0. The summed E-state index contributed by atoms with van der Waals surface area (Å²) in [5.41, 5.74) is 0.0295. The molecule has 0 aromatic carbocycles. The van der Waals surface area contributed by atoms with Gasteiger partial charge in [-0.3, -0.25) is 14.3 Å². The molecule has 92 valence electrons. The third kappa shape index (κ3) is 3.23. The molecule has 17 heavy (non-hydrogen) atoms. The molecule has 6 nitrogen and oxygen atoms in total. The van der Waals surface area contributed by atoms with Gasteiger partial charge < -0.3 is 5.32 Å². The predicted molar refractivity (Wildman–Crippen MR) is 65.4 cm³/mol. The average Bonchev–Trinajstić information content (AvgIpc) is 2.32. The Balaban J connectivity index is 2.01. The van der Waals surface area contributed by atoms with Crippen LogP contribution in [0.3, 0.4) is 0 Å². The van der Waals surface area contributed by atoms with E-state index in [1.807, 2.05) is 0 Å². The van der Waals surface area contributed by atoms with E-state index < -0.39 is 15.7 Å². The molecule has 0 atom stereocenters. The molecule has 0 spiro atoms. The smallest absolute Gasteiger partial charge is 0.274 e. The highest BCUT2D eigenvalue weighted by Crippen LogP contribution is 2.18. The molecule has 1 aliphatic rings. The minimum Gasteiger partial charge on any atom is -0.367 e. The molecule has 1 N–H and O–H groups in total. The minimum absolute atomic E-state index is 0.0295. The molecule has 0 amide bonds. The summed E-state index contributed by atoms with van der Waals surface area (Å²) in [5.74, 6) is 1.89. The Morgan fingerprint density at radius 2 is 2.18 bits per heavy atom. The Morgan fingerprint density at radius 3 is 2.82 bits per heavy atom. The second-order valence-corrected chi connectivity index (χ2v) is 5.62. The van der Waals surface area contributed by atoms with E-state index in [2.05, 4.69) is 10.3 Å². The highest BCUT2D eigenvalue weighted by atomic mass is 32.2. The number of rotatable bonds is 3. The van der Waals surface area contributed by atoms with Crippen LogP contribution in [-0.4, -0.2) is 31.7 Å². The molecular weight excluding hydrogens is 242 g/mol. The molecule has 2 rings (SSSR count). The fourth-order valence-electron chi connectivity index (χ4n) is 1.76. The number of nitrogens with one attached hydrogen (secondary N) is 1. The van der Waals surface area contributed by atoms with Crippen molar-refractivity contribution in [2.24, 2.45) is 0 Å². The van der Waals surface area contributed by atoms with Crippen LogP contribution in [-0.2, 0) is 10.8 Å². The Morgan fingerprint density at radius 1 is 1.47 bits per heavy atom. The number of hydrogen-bond acceptors (Lipinski definition) is 5. The largest absolute Gasteiger partial charge is 0.367 e. The molecule has 0 bridgehead atoms. The zero-order valence-corrected chi connectivity index (χ0v) is 9.98. The summed E-state index contributed by atoms with van der Waals surface area (Å²) in [6, 6.07) is 2.99. The summed E-state index contributed by atoms with van der Waals surface area (Å²) < 4.78 is 11.2. The van der Waals surface area contributed by atoms with Gasteiger partial charge in [0.2, 0.25) is 0 Å². The van der Waals surface area contributed by atoms with Crippen LogP contribution in [0.4, 0.5) is 11.5 Å². The van der Waals surface area contributed by atoms with Crippen LogP contribution in [0.15, 0.2) is 18.3 Å². The van der Waals surface area contributed by atoms with E-state index in [1.54, 1.807) is 0 Å². The first-order chi connectivity index (χ1) is 8.15. The third-order valence-electron chi connectivity index (χ3n) is 2.69. The van der Waals surface area contributed by atoms with Gasteiger partial charge in [-0.05, 0) is 12.8 Å². The van der Waals surface area contributed by atoms with Crippen molar-refractivity contribution >= 4 is 22.3 Å². The molecule has 1 aliphatic heterocycles. The van der Waals surface area contributed by atoms with Crippen LogP contribution in [0.1, 0.15) is 12.8 Å². The van der Waals surface area contributed by atoms with Crippen molar-refractivity contribution in [2.75, 3.05) is 16.8 Å². The van der Waals surface area contributed by atoms with Crippen molar-refractivity contribution in [3.63, 3.8) is 0 Å². The number of aromatic nitrogens is 1. The lowest BCUT2D eigenvalue weighted by atomic mass is 10.1. The number of nitrogens with zero attached hydrogens (tertiary/aromatic N) is 2. The van der Waals surface area contributed by atoms with Crippen LogP contribution in [0.25, 0.3) is 0 Å². The van der Waals surface area contributed by atoms with Crippen molar-refractivity contribution in [3.8, 4) is 0 Å². The van der Waals surface area contributed by atoms with E-state index in [1.165, 1.54) is 18.3 Å². The lowest BCUT2D eigenvalue weighted by Gasteiger charge is -2.22. The molecule has 1 fully saturated rings. The maximum Gasteiger partial charge on any atom is 0.274 e. The predicted octanol–water partition coefficient (Wildman–Crippen LogP) is 1.31. The van der Waals surface area contributed by atoms with Crippen LogP contribution >= 0.6 is 0 Å². The Labute approximate surface area is 101 Å². The van der Waals surface area contributed by atoms with Crippen molar-refractivity contribution < 1.29 is 9.13 Å². The lowest BCUT2D eigenvalue weighted by molar-refractivity contribution is -0.384. The molecule has 2 heterocycles. The molecule has 1 aromatic heterocycles. The normalized spacial score (nSPS) is 24.2. The van der Waals surface area contributed by atoms with Gasteiger partial charge in [0.05, 0.1) is 11.0 Å². The number of anilines is 1. The van der Waals surface area contributed by atoms with Gasteiger partial charge in [-0.1, -0.05) is 0 Å². The molecule has 0 saturated carbocycles. The Kier molecular flexibility index (Phi) is 3.68. The molecule has 0 unspecified atom stereocenters. The van der Waals surface area contributed by atoms with Gasteiger partial charge in [0, 0.05) is 40.6 Å². The second kappa shape index (κ2) is 5.22. The van der Waals surface area contributed by atoms with E-state index in [9.17, 15) is 14.3 Å². The van der Waals surface area contributed by atoms with Crippen molar-refractivity contribution in [2.45, 2.75) is 18.9 Å². The molecule has 0 aliphatic carbocycles. The maximum absolute atomic E-state index is 11.2. The van der Waals surface area contributed by atoms with Gasteiger partial charge in [0.25, 0.3) is 5.69 Å². The molecule has 1 saturated heterocycles. The van der Waals surface area contributed by atoms with Gasteiger partial charge in [-0.15, -0.1) is 0 Å². The van der Waals surface area contributed by atoms with Gasteiger partial charge >= 0.3 is 0 Å². The van der Waals surface area contributed by atoms with E-state index in [4.69, 9.17) is 0 Å². The van der Waals surface area contributed by atoms with Crippen LogP contribution in [0, 0.1) is 10.1 Å². The van der Waals surface area contributed by atoms with E-state index in [-0.39, 0.29) is 11.7 Å².